The maximum absolute atomic E-state index is 12.3. The molecule has 0 saturated carbocycles. The summed E-state index contributed by atoms with van der Waals surface area (Å²) in [5.41, 5.74) is 0.495. The molecule has 0 bridgehead atoms. The lowest BCUT2D eigenvalue weighted by atomic mass is 10.2. The smallest absolute Gasteiger partial charge is 0.325 e. The largest absolute Gasteiger partial charge is 0.468 e. The van der Waals surface area contributed by atoms with Crippen LogP contribution < -0.4 is 0 Å². The Morgan fingerprint density at radius 1 is 1.50 bits per heavy atom. The predicted molar refractivity (Wildman–Crippen MR) is 76.5 cm³/mol. The molecular formula is C14H17NO4S. The fourth-order valence-electron chi connectivity index (χ4n) is 1.57. The molecule has 0 unspecified atom stereocenters. The number of methoxy groups -OCH3 is 1. The number of hydrogen-bond donors (Lipinski definition) is 1. The van der Waals surface area contributed by atoms with E-state index >= 15 is 0 Å². The molecule has 0 radical (unpaired) electrons. The molecule has 6 heteroatoms. The zero-order valence-corrected chi connectivity index (χ0v) is 12.3. The van der Waals surface area contributed by atoms with Gasteiger partial charge >= 0.3 is 5.97 Å². The van der Waals surface area contributed by atoms with Gasteiger partial charge in [0.15, 0.2) is 0 Å². The van der Waals surface area contributed by atoms with E-state index in [1.54, 1.807) is 11.4 Å². The minimum atomic E-state index is -0.442. The third-order valence-electron chi connectivity index (χ3n) is 2.47. The van der Waals surface area contributed by atoms with E-state index < -0.39 is 5.97 Å². The van der Waals surface area contributed by atoms with E-state index in [1.807, 2.05) is 6.92 Å². The molecule has 20 heavy (non-hydrogen) atoms. The highest BCUT2D eigenvalue weighted by Gasteiger charge is 2.19. The highest BCUT2D eigenvalue weighted by molar-refractivity contribution is 7.10. The number of thiophene rings is 1. The summed E-state index contributed by atoms with van der Waals surface area (Å²) in [6.07, 6.45) is 0.754. The van der Waals surface area contributed by atoms with Gasteiger partial charge in [-0.15, -0.1) is 11.3 Å². The monoisotopic (exact) mass is 295 g/mol. The van der Waals surface area contributed by atoms with E-state index in [2.05, 4.69) is 16.6 Å². The average molecular weight is 295 g/mol. The van der Waals surface area contributed by atoms with Gasteiger partial charge in [-0.1, -0.05) is 18.8 Å². The molecule has 1 aromatic rings. The second-order valence-corrected chi connectivity index (χ2v) is 4.87. The van der Waals surface area contributed by atoms with Crippen LogP contribution in [0, 0.1) is 11.8 Å². The predicted octanol–water partition coefficient (Wildman–Crippen LogP) is 1.12. The number of esters is 1. The molecule has 5 nitrogen and oxygen atoms in total. The summed E-state index contributed by atoms with van der Waals surface area (Å²) in [6, 6.07) is 1.66. The average Bonchev–Trinajstić information content (AvgIpc) is 2.92. The van der Waals surface area contributed by atoms with Crippen molar-refractivity contribution in [1.82, 2.24) is 4.90 Å². The summed E-state index contributed by atoms with van der Waals surface area (Å²) in [5.74, 6) is 4.62. The highest BCUT2D eigenvalue weighted by Crippen LogP contribution is 2.16. The highest BCUT2D eigenvalue weighted by atomic mass is 32.1. The molecule has 1 aromatic heterocycles. The summed E-state index contributed by atoms with van der Waals surface area (Å²) in [4.78, 5) is 25.8. The van der Waals surface area contributed by atoms with Crippen molar-refractivity contribution >= 4 is 23.2 Å². The normalized spacial score (nSPS) is 9.55. The van der Waals surface area contributed by atoms with Crippen molar-refractivity contribution in [3.05, 3.63) is 21.9 Å². The third-order valence-corrected chi connectivity index (χ3v) is 3.31. The van der Waals surface area contributed by atoms with Crippen molar-refractivity contribution < 1.29 is 19.4 Å². The fourth-order valence-corrected chi connectivity index (χ4v) is 2.31. The lowest BCUT2D eigenvalue weighted by Crippen LogP contribution is -2.36. The van der Waals surface area contributed by atoms with Crippen LogP contribution in [0.3, 0.4) is 0 Å². The molecule has 1 amide bonds. The van der Waals surface area contributed by atoms with Crippen molar-refractivity contribution in [3.63, 3.8) is 0 Å². The maximum Gasteiger partial charge on any atom is 0.325 e. The van der Waals surface area contributed by atoms with E-state index in [-0.39, 0.29) is 19.1 Å². The molecule has 1 rings (SSSR count). The maximum atomic E-state index is 12.3. The number of hydrogen-bond acceptors (Lipinski definition) is 5. The van der Waals surface area contributed by atoms with Crippen molar-refractivity contribution in [2.75, 3.05) is 26.8 Å². The van der Waals surface area contributed by atoms with Crippen LogP contribution in [0.2, 0.25) is 0 Å². The third kappa shape index (κ3) is 4.68. The van der Waals surface area contributed by atoms with Gasteiger partial charge in [0.1, 0.15) is 13.2 Å². The number of carbonyl (C=O) groups is 2. The van der Waals surface area contributed by atoms with Crippen molar-refractivity contribution in [2.24, 2.45) is 0 Å². The van der Waals surface area contributed by atoms with Gasteiger partial charge in [-0.05, 0) is 12.5 Å². The van der Waals surface area contributed by atoms with Gasteiger partial charge < -0.3 is 14.7 Å². The molecule has 0 aliphatic rings. The Kier molecular flexibility index (Phi) is 6.77. The number of ether oxygens (including phenoxy) is 1. The Morgan fingerprint density at radius 2 is 2.25 bits per heavy atom. The Labute approximate surface area is 122 Å². The molecular weight excluding hydrogens is 278 g/mol. The Balaban J connectivity index is 2.83. The zero-order valence-electron chi connectivity index (χ0n) is 11.5. The number of aliphatic hydroxyl groups excluding tert-OH is 1. The molecule has 108 valence electrons. The first-order chi connectivity index (χ1) is 9.62. The summed E-state index contributed by atoms with van der Waals surface area (Å²) < 4.78 is 4.59. The van der Waals surface area contributed by atoms with Crippen molar-refractivity contribution in [1.29, 1.82) is 0 Å². The number of aliphatic hydroxyl groups is 1. The molecule has 0 aliphatic carbocycles. The molecule has 0 fully saturated rings. The fraction of sp³-hybridized carbons (Fsp3) is 0.429. The first-order valence-electron chi connectivity index (χ1n) is 6.16. The zero-order chi connectivity index (χ0) is 15.0. The van der Waals surface area contributed by atoms with Gasteiger partial charge in [0.25, 0.3) is 5.91 Å². The van der Waals surface area contributed by atoms with Crippen LogP contribution in [0.1, 0.15) is 28.6 Å². The summed E-state index contributed by atoms with van der Waals surface area (Å²) in [5, 5.41) is 10.3. The van der Waals surface area contributed by atoms with Gasteiger partial charge in [0.2, 0.25) is 0 Å². The number of rotatable bonds is 5. The van der Waals surface area contributed by atoms with E-state index in [0.29, 0.717) is 17.0 Å². The molecule has 0 spiro atoms. The van der Waals surface area contributed by atoms with Gasteiger partial charge in [0, 0.05) is 11.9 Å². The van der Waals surface area contributed by atoms with Crippen LogP contribution in [0.25, 0.3) is 0 Å². The van der Waals surface area contributed by atoms with Crippen molar-refractivity contribution in [2.45, 2.75) is 13.3 Å². The quantitative estimate of drug-likeness (QED) is 0.653. The van der Waals surface area contributed by atoms with E-state index in [0.717, 1.165) is 6.42 Å². The Morgan fingerprint density at radius 3 is 2.85 bits per heavy atom. The lowest BCUT2D eigenvalue weighted by molar-refractivity contribution is -0.141. The first kappa shape index (κ1) is 16.2. The minimum Gasteiger partial charge on any atom is -0.468 e. The second kappa shape index (κ2) is 8.35. The van der Waals surface area contributed by atoms with Gasteiger partial charge in [-0.3, -0.25) is 9.59 Å². The molecule has 0 saturated heterocycles. The first-order valence-corrected chi connectivity index (χ1v) is 7.04. The lowest BCUT2D eigenvalue weighted by Gasteiger charge is -2.20. The van der Waals surface area contributed by atoms with Crippen LogP contribution in [-0.2, 0) is 9.53 Å². The Bertz CT molecular complexity index is 527. The van der Waals surface area contributed by atoms with Gasteiger partial charge in [-0.25, -0.2) is 0 Å². The topological polar surface area (TPSA) is 66.8 Å². The van der Waals surface area contributed by atoms with Crippen LogP contribution in [0.15, 0.2) is 11.4 Å². The van der Waals surface area contributed by atoms with Crippen molar-refractivity contribution in [3.8, 4) is 11.8 Å². The second-order valence-electron chi connectivity index (χ2n) is 3.96. The molecule has 0 aliphatic heterocycles. The van der Waals surface area contributed by atoms with Crippen LogP contribution >= 0.6 is 11.3 Å². The number of nitrogens with zero attached hydrogens (tertiary/aromatic N) is 1. The van der Waals surface area contributed by atoms with Gasteiger partial charge in [0.05, 0.1) is 17.6 Å². The van der Waals surface area contributed by atoms with Crippen LogP contribution in [0.5, 0.6) is 0 Å². The van der Waals surface area contributed by atoms with E-state index in [1.165, 1.54) is 23.3 Å². The summed E-state index contributed by atoms with van der Waals surface area (Å²) in [6.45, 7) is 2.15. The molecule has 0 atom stereocenters. The number of carbonyl (C=O) groups excluding carboxylic acids is 2. The standard InChI is InChI=1S/C14H17NO4S/c1-3-6-15(9-13(17)19-2)14(18)11-8-12(20-10-11)5-4-7-16/h8,10,16H,3,6-7,9H2,1-2H3. The molecule has 0 aromatic carbocycles. The van der Waals surface area contributed by atoms with Crippen LogP contribution in [0.4, 0.5) is 0 Å². The minimum absolute atomic E-state index is 0.0589. The van der Waals surface area contributed by atoms with E-state index in [4.69, 9.17) is 5.11 Å². The van der Waals surface area contributed by atoms with Crippen LogP contribution in [-0.4, -0.2) is 48.7 Å². The summed E-state index contributed by atoms with van der Waals surface area (Å²) >= 11 is 1.33. The SMILES string of the molecule is CCCN(CC(=O)OC)C(=O)c1csc(C#CCO)c1. The molecule has 1 N–H and O–H groups in total. The van der Waals surface area contributed by atoms with Gasteiger partial charge in [-0.2, -0.15) is 0 Å². The Hall–Kier alpha value is -1.84. The summed E-state index contributed by atoms with van der Waals surface area (Å²) in [7, 11) is 1.30. The number of amides is 1. The molecule has 1 heterocycles. The van der Waals surface area contributed by atoms with E-state index in [9.17, 15) is 9.59 Å².